The Morgan fingerprint density at radius 1 is 1.46 bits per heavy atom. The molecule has 0 aliphatic heterocycles. The van der Waals surface area contributed by atoms with Gasteiger partial charge in [-0.15, -0.1) is 10.2 Å². The molecule has 0 spiro atoms. The summed E-state index contributed by atoms with van der Waals surface area (Å²) >= 11 is 0. The lowest BCUT2D eigenvalue weighted by atomic mass is 10.3. The Kier molecular flexibility index (Phi) is 1.77. The first-order valence-corrected chi connectivity index (χ1v) is 3.92. The van der Waals surface area contributed by atoms with Crippen molar-refractivity contribution in [1.82, 2.24) is 14.8 Å². The Bertz CT molecular complexity index is 390. The minimum atomic E-state index is 0.733. The van der Waals surface area contributed by atoms with Crippen LogP contribution in [0.25, 0.3) is 11.4 Å². The molecule has 0 bridgehead atoms. The van der Waals surface area contributed by atoms with Crippen LogP contribution in [0.3, 0.4) is 0 Å². The number of hydrogen-bond acceptors (Lipinski definition) is 4. The molecule has 0 radical (unpaired) electrons. The molecule has 0 aliphatic carbocycles. The van der Waals surface area contributed by atoms with Gasteiger partial charge in [-0.2, -0.15) is 0 Å². The molecule has 1 N–H and O–H groups in total. The molecule has 0 saturated heterocycles. The molecule has 2 aromatic rings. The number of rotatable bonds is 2. The quantitative estimate of drug-likeness (QED) is 0.748. The van der Waals surface area contributed by atoms with Crippen molar-refractivity contribution >= 4 is 5.95 Å². The van der Waals surface area contributed by atoms with Gasteiger partial charge >= 0.3 is 0 Å². The van der Waals surface area contributed by atoms with Crippen molar-refractivity contribution in [3.63, 3.8) is 0 Å². The first-order valence-electron chi connectivity index (χ1n) is 3.92. The van der Waals surface area contributed by atoms with Crippen molar-refractivity contribution in [3.05, 3.63) is 18.6 Å². The van der Waals surface area contributed by atoms with E-state index in [0.29, 0.717) is 0 Å². The molecule has 0 aliphatic rings. The topological polar surface area (TPSA) is 55.9 Å². The summed E-state index contributed by atoms with van der Waals surface area (Å²) in [6.45, 7) is 0. The maximum Gasteiger partial charge on any atom is 0.224 e. The van der Waals surface area contributed by atoms with Gasteiger partial charge in [-0.1, -0.05) is 0 Å². The molecule has 0 fully saturated rings. The van der Waals surface area contributed by atoms with E-state index in [1.54, 1.807) is 12.5 Å². The fraction of sp³-hybridized carbons (Fsp3) is 0.250. The van der Waals surface area contributed by atoms with E-state index in [9.17, 15) is 0 Å². The first kappa shape index (κ1) is 7.85. The van der Waals surface area contributed by atoms with E-state index < -0.39 is 0 Å². The zero-order valence-electron chi connectivity index (χ0n) is 7.48. The van der Waals surface area contributed by atoms with Crippen LogP contribution >= 0.6 is 0 Å². The Labute approximate surface area is 75.4 Å². The number of nitrogens with zero attached hydrogens (tertiary/aromatic N) is 3. The fourth-order valence-electron chi connectivity index (χ4n) is 1.19. The average molecular weight is 178 g/mol. The zero-order valence-corrected chi connectivity index (χ0v) is 7.48. The molecule has 0 saturated carbocycles. The normalized spacial score (nSPS) is 10.3. The maximum absolute atomic E-state index is 4.97. The highest BCUT2D eigenvalue weighted by Crippen LogP contribution is 2.18. The number of furan rings is 1. The Balaban J connectivity index is 2.48. The molecule has 0 amide bonds. The van der Waals surface area contributed by atoms with Crippen molar-refractivity contribution in [2.75, 3.05) is 12.4 Å². The minimum Gasteiger partial charge on any atom is -0.472 e. The largest absolute Gasteiger partial charge is 0.472 e. The lowest BCUT2D eigenvalue weighted by molar-refractivity contribution is 0.567. The maximum atomic E-state index is 4.97. The van der Waals surface area contributed by atoms with E-state index in [-0.39, 0.29) is 0 Å². The van der Waals surface area contributed by atoms with E-state index in [2.05, 4.69) is 15.5 Å². The average Bonchev–Trinajstić information content (AvgIpc) is 2.72. The van der Waals surface area contributed by atoms with E-state index in [0.717, 1.165) is 17.3 Å². The van der Waals surface area contributed by atoms with Gasteiger partial charge in [0.05, 0.1) is 11.8 Å². The second kappa shape index (κ2) is 2.93. The van der Waals surface area contributed by atoms with Crippen molar-refractivity contribution < 1.29 is 4.42 Å². The van der Waals surface area contributed by atoms with Crippen molar-refractivity contribution in [2.45, 2.75) is 0 Å². The second-order valence-corrected chi connectivity index (χ2v) is 2.67. The third kappa shape index (κ3) is 1.18. The summed E-state index contributed by atoms with van der Waals surface area (Å²) in [5.41, 5.74) is 0.927. The Hall–Kier alpha value is -1.78. The van der Waals surface area contributed by atoms with E-state index in [1.165, 1.54) is 0 Å². The lowest BCUT2D eigenvalue weighted by Crippen LogP contribution is -1.99. The Morgan fingerprint density at radius 2 is 2.31 bits per heavy atom. The molecule has 5 nitrogen and oxygen atoms in total. The molecule has 68 valence electrons. The summed E-state index contributed by atoms with van der Waals surface area (Å²) in [7, 11) is 3.71. The third-order valence-electron chi connectivity index (χ3n) is 1.88. The zero-order chi connectivity index (χ0) is 9.26. The third-order valence-corrected chi connectivity index (χ3v) is 1.88. The van der Waals surface area contributed by atoms with Crippen LogP contribution in [0.2, 0.25) is 0 Å². The molecule has 2 heterocycles. The number of nitrogens with one attached hydrogen (secondary N) is 1. The molecule has 0 atom stereocenters. The molecule has 2 rings (SSSR count). The van der Waals surface area contributed by atoms with Gasteiger partial charge in [0.25, 0.3) is 0 Å². The molecular formula is C8H10N4O. The van der Waals surface area contributed by atoms with Crippen molar-refractivity contribution in [3.8, 4) is 11.4 Å². The van der Waals surface area contributed by atoms with Gasteiger partial charge in [-0.05, 0) is 6.07 Å². The smallest absolute Gasteiger partial charge is 0.224 e. The lowest BCUT2D eigenvalue weighted by Gasteiger charge is -1.99. The van der Waals surface area contributed by atoms with Gasteiger partial charge in [0.1, 0.15) is 6.26 Å². The fourth-order valence-corrected chi connectivity index (χ4v) is 1.19. The summed E-state index contributed by atoms with van der Waals surface area (Å²) in [5.74, 6) is 1.52. The van der Waals surface area contributed by atoms with E-state index >= 15 is 0 Å². The van der Waals surface area contributed by atoms with E-state index in [1.807, 2.05) is 24.7 Å². The van der Waals surface area contributed by atoms with Gasteiger partial charge < -0.3 is 9.73 Å². The highest BCUT2D eigenvalue weighted by molar-refractivity contribution is 5.55. The van der Waals surface area contributed by atoms with Crippen LogP contribution in [0, 0.1) is 0 Å². The minimum absolute atomic E-state index is 0.733. The summed E-state index contributed by atoms with van der Waals surface area (Å²) in [4.78, 5) is 0. The van der Waals surface area contributed by atoms with Crippen LogP contribution < -0.4 is 5.32 Å². The van der Waals surface area contributed by atoms with Gasteiger partial charge in [0.15, 0.2) is 5.82 Å². The molecule has 2 aromatic heterocycles. The van der Waals surface area contributed by atoms with Crippen molar-refractivity contribution in [2.24, 2.45) is 7.05 Å². The summed E-state index contributed by atoms with van der Waals surface area (Å²) in [6.07, 6.45) is 3.26. The SMILES string of the molecule is CNc1nnc(-c2ccoc2)n1C. The molecule has 13 heavy (non-hydrogen) atoms. The highest BCUT2D eigenvalue weighted by Gasteiger charge is 2.09. The Morgan fingerprint density at radius 3 is 2.85 bits per heavy atom. The van der Waals surface area contributed by atoms with Gasteiger partial charge in [0.2, 0.25) is 5.95 Å². The molecule has 0 aromatic carbocycles. The van der Waals surface area contributed by atoms with Crippen LogP contribution in [0.1, 0.15) is 0 Å². The predicted molar refractivity (Wildman–Crippen MR) is 48.3 cm³/mol. The molecule has 5 heteroatoms. The monoisotopic (exact) mass is 178 g/mol. The van der Waals surface area contributed by atoms with Crippen LogP contribution in [0.15, 0.2) is 23.0 Å². The second-order valence-electron chi connectivity index (χ2n) is 2.67. The standard InChI is InChI=1S/C8H10N4O/c1-9-8-11-10-7(12(8)2)6-3-4-13-5-6/h3-5H,1-2H3,(H,9,11). The molecular weight excluding hydrogens is 168 g/mol. The van der Waals surface area contributed by atoms with Crippen molar-refractivity contribution in [1.29, 1.82) is 0 Å². The first-order chi connectivity index (χ1) is 6.33. The number of aromatic nitrogens is 3. The van der Waals surface area contributed by atoms with Gasteiger partial charge in [-0.3, -0.25) is 4.57 Å². The van der Waals surface area contributed by atoms with Gasteiger partial charge in [-0.25, -0.2) is 0 Å². The number of anilines is 1. The van der Waals surface area contributed by atoms with Gasteiger partial charge in [0, 0.05) is 14.1 Å². The van der Waals surface area contributed by atoms with Crippen LogP contribution in [0.5, 0.6) is 0 Å². The van der Waals surface area contributed by atoms with Crippen LogP contribution in [-0.2, 0) is 7.05 Å². The summed E-state index contributed by atoms with van der Waals surface area (Å²) in [5, 5.41) is 10.9. The molecule has 0 unspecified atom stereocenters. The summed E-state index contributed by atoms with van der Waals surface area (Å²) in [6, 6.07) is 1.85. The number of hydrogen-bond donors (Lipinski definition) is 1. The highest BCUT2D eigenvalue weighted by atomic mass is 16.3. The van der Waals surface area contributed by atoms with Crippen LogP contribution in [-0.4, -0.2) is 21.8 Å². The predicted octanol–water partition coefficient (Wildman–Crippen LogP) is 1.12. The summed E-state index contributed by atoms with van der Waals surface area (Å²) < 4.78 is 6.83. The van der Waals surface area contributed by atoms with Crippen LogP contribution in [0.4, 0.5) is 5.95 Å². The van der Waals surface area contributed by atoms with E-state index in [4.69, 9.17) is 4.42 Å².